The Kier molecular flexibility index (Phi) is 2.87. The van der Waals surface area contributed by atoms with E-state index in [4.69, 9.17) is 4.74 Å². The maximum Gasteiger partial charge on any atom is 0.319 e. The molecule has 0 aromatic carbocycles. The van der Waals surface area contributed by atoms with Gasteiger partial charge in [-0.1, -0.05) is 12.2 Å². The van der Waals surface area contributed by atoms with Gasteiger partial charge in [0.2, 0.25) is 0 Å². The second-order valence-corrected chi connectivity index (χ2v) is 4.03. The van der Waals surface area contributed by atoms with Gasteiger partial charge in [-0.25, -0.2) is 0 Å². The topological polar surface area (TPSA) is 38.3 Å². The van der Waals surface area contributed by atoms with Crippen molar-refractivity contribution in [1.82, 2.24) is 5.32 Å². The molecule has 0 bridgehead atoms. The summed E-state index contributed by atoms with van der Waals surface area (Å²) in [5.41, 5.74) is 0. The minimum absolute atomic E-state index is 0.141. The number of allylic oxidation sites excluding steroid dienone is 1. The molecule has 1 fully saturated rings. The van der Waals surface area contributed by atoms with E-state index in [2.05, 4.69) is 17.5 Å². The van der Waals surface area contributed by atoms with Crippen LogP contribution in [0.25, 0.3) is 0 Å². The van der Waals surface area contributed by atoms with Gasteiger partial charge in [0.25, 0.3) is 0 Å². The van der Waals surface area contributed by atoms with E-state index in [1.54, 1.807) is 0 Å². The monoisotopic (exact) mass is 195 g/mol. The van der Waals surface area contributed by atoms with Gasteiger partial charge in [0, 0.05) is 6.04 Å². The Hall–Kier alpha value is -0.830. The highest BCUT2D eigenvalue weighted by Gasteiger charge is 2.40. The predicted octanol–water partition coefficient (Wildman–Crippen LogP) is 1.10. The van der Waals surface area contributed by atoms with Crippen LogP contribution in [0.4, 0.5) is 0 Å². The van der Waals surface area contributed by atoms with Crippen LogP contribution in [0.15, 0.2) is 12.2 Å². The molecule has 3 nitrogen and oxygen atoms in total. The van der Waals surface area contributed by atoms with E-state index >= 15 is 0 Å². The zero-order valence-corrected chi connectivity index (χ0v) is 8.53. The van der Waals surface area contributed by atoms with Gasteiger partial charge in [0.15, 0.2) is 0 Å². The summed E-state index contributed by atoms with van der Waals surface area (Å²) in [5, 5.41) is 3.25. The lowest BCUT2D eigenvalue weighted by Crippen LogP contribution is -2.49. The second kappa shape index (κ2) is 4.13. The zero-order valence-electron chi connectivity index (χ0n) is 8.53. The molecule has 0 aliphatic heterocycles. The molecular formula is C11H17NO2. The van der Waals surface area contributed by atoms with E-state index in [0.29, 0.717) is 25.1 Å². The van der Waals surface area contributed by atoms with E-state index < -0.39 is 0 Å². The number of carbonyl (C=O) groups excluding carboxylic acids is 1. The van der Waals surface area contributed by atoms with E-state index in [1.807, 2.05) is 6.92 Å². The van der Waals surface area contributed by atoms with Crippen molar-refractivity contribution in [2.45, 2.75) is 25.8 Å². The highest BCUT2D eigenvalue weighted by molar-refractivity contribution is 5.71. The minimum Gasteiger partial charge on any atom is -0.465 e. The van der Waals surface area contributed by atoms with Crippen molar-refractivity contribution < 1.29 is 9.53 Å². The maximum absolute atomic E-state index is 11.1. The van der Waals surface area contributed by atoms with Crippen LogP contribution in [0.1, 0.15) is 19.8 Å². The summed E-state index contributed by atoms with van der Waals surface area (Å²) in [6.07, 6.45) is 6.96. The summed E-state index contributed by atoms with van der Waals surface area (Å²) in [7, 11) is 0. The summed E-state index contributed by atoms with van der Waals surface area (Å²) in [5.74, 6) is 1.37. The lowest BCUT2D eigenvalue weighted by molar-refractivity contribution is -0.142. The van der Waals surface area contributed by atoms with Gasteiger partial charge >= 0.3 is 5.97 Å². The number of carbonyl (C=O) groups is 1. The molecule has 2 aliphatic rings. The Bertz CT molecular complexity index is 250. The molecule has 0 aromatic heterocycles. The number of nitrogens with one attached hydrogen (secondary N) is 1. The number of hydrogen-bond donors (Lipinski definition) is 1. The molecule has 0 spiro atoms. The van der Waals surface area contributed by atoms with Gasteiger partial charge in [0.1, 0.15) is 0 Å². The van der Waals surface area contributed by atoms with Crippen LogP contribution in [0, 0.1) is 11.8 Å². The molecule has 0 radical (unpaired) electrons. The highest BCUT2D eigenvalue weighted by Crippen LogP contribution is 2.42. The van der Waals surface area contributed by atoms with Gasteiger partial charge in [-0.2, -0.15) is 0 Å². The number of hydrogen-bond acceptors (Lipinski definition) is 3. The Morgan fingerprint density at radius 3 is 3.21 bits per heavy atom. The predicted molar refractivity (Wildman–Crippen MR) is 53.8 cm³/mol. The normalized spacial score (nSPS) is 33.6. The zero-order chi connectivity index (χ0) is 9.97. The van der Waals surface area contributed by atoms with Crippen molar-refractivity contribution in [1.29, 1.82) is 0 Å². The lowest BCUT2D eigenvalue weighted by atomic mass is 9.71. The van der Waals surface area contributed by atoms with Gasteiger partial charge in [-0.05, 0) is 31.6 Å². The van der Waals surface area contributed by atoms with Gasteiger partial charge < -0.3 is 10.1 Å². The molecule has 2 aliphatic carbocycles. The molecule has 0 heterocycles. The van der Waals surface area contributed by atoms with Gasteiger partial charge in [0.05, 0.1) is 13.2 Å². The van der Waals surface area contributed by atoms with Crippen LogP contribution in [0.5, 0.6) is 0 Å². The van der Waals surface area contributed by atoms with Crippen LogP contribution < -0.4 is 5.32 Å². The second-order valence-electron chi connectivity index (χ2n) is 4.03. The first-order valence-corrected chi connectivity index (χ1v) is 5.37. The standard InChI is InChI=1S/C11H17NO2/c1-2-14-11(13)7-12-10-6-8-4-3-5-9(8)10/h3,5,8-10,12H,2,4,6-7H2,1H3. The number of fused-ring (bicyclic) bond motifs is 1. The van der Waals surface area contributed by atoms with Crippen molar-refractivity contribution >= 4 is 5.97 Å². The molecule has 3 heteroatoms. The van der Waals surface area contributed by atoms with Crippen molar-refractivity contribution in [3.8, 4) is 0 Å². The summed E-state index contributed by atoms with van der Waals surface area (Å²) >= 11 is 0. The van der Waals surface area contributed by atoms with Crippen molar-refractivity contribution in [2.75, 3.05) is 13.2 Å². The van der Waals surface area contributed by atoms with Crippen LogP contribution in [-0.2, 0) is 9.53 Å². The van der Waals surface area contributed by atoms with Crippen molar-refractivity contribution in [2.24, 2.45) is 11.8 Å². The van der Waals surface area contributed by atoms with E-state index in [0.717, 1.165) is 5.92 Å². The van der Waals surface area contributed by atoms with Crippen LogP contribution in [0.2, 0.25) is 0 Å². The fourth-order valence-electron chi connectivity index (χ4n) is 2.37. The first kappa shape index (κ1) is 9.71. The maximum atomic E-state index is 11.1. The number of ether oxygens (including phenoxy) is 1. The van der Waals surface area contributed by atoms with E-state index in [1.165, 1.54) is 12.8 Å². The first-order valence-electron chi connectivity index (χ1n) is 5.37. The minimum atomic E-state index is -0.141. The van der Waals surface area contributed by atoms with Crippen molar-refractivity contribution in [3.63, 3.8) is 0 Å². The largest absolute Gasteiger partial charge is 0.465 e. The molecule has 3 unspecified atom stereocenters. The summed E-state index contributed by atoms with van der Waals surface area (Å²) in [6, 6.07) is 0.503. The Morgan fingerprint density at radius 2 is 2.50 bits per heavy atom. The molecule has 0 amide bonds. The van der Waals surface area contributed by atoms with Crippen LogP contribution in [-0.4, -0.2) is 25.2 Å². The molecule has 1 saturated carbocycles. The third kappa shape index (κ3) is 1.82. The molecule has 0 saturated heterocycles. The number of esters is 1. The Balaban J connectivity index is 1.67. The molecule has 3 atom stereocenters. The molecule has 0 aromatic rings. The van der Waals surface area contributed by atoms with Gasteiger partial charge in [-0.15, -0.1) is 0 Å². The van der Waals surface area contributed by atoms with Gasteiger partial charge in [-0.3, -0.25) is 4.79 Å². The Labute approximate surface area is 84.5 Å². The summed E-state index contributed by atoms with van der Waals surface area (Å²) in [6.45, 7) is 2.66. The number of rotatable bonds is 4. The Morgan fingerprint density at radius 1 is 1.64 bits per heavy atom. The third-order valence-electron chi connectivity index (χ3n) is 3.18. The van der Waals surface area contributed by atoms with E-state index in [9.17, 15) is 4.79 Å². The smallest absolute Gasteiger partial charge is 0.319 e. The molecular weight excluding hydrogens is 178 g/mol. The fourth-order valence-corrected chi connectivity index (χ4v) is 2.37. The molecule has 78 valence electrons. The average Bonchev–Trinajstić information content (AvgIpc) is 2.48. The van der Waals surface area contributed by atoms with E-state index in [-0.39, 0.29) is 5.97 Å². The molecule has 1 N–H and O–H groups in total. The SMILES string of the molecule is CCOC(=O)CNC1CC2CC=CC21. The third-order valence-corrected chi connectivity index (χ3v) is 3.18. The molecule has 14 heavy (non-hydrogen) atoms. The lowest BCUT2D eigenvalue weighted by Gasteiger charge is -2.40. The fraction of sp³-hybridized carbons (Fsp3) is 0.727. The quantitative estimate of drug-likeness (QED) is 0.539. The summed E-state index contributed by atoms with van der Waals surface area (Å²) < 4.78 is 4.85. The highest BCUT2D eigenvalue weighted by atomic mass is 16.5. The van der Waals surface area contributed by atoms with Crippen LogP contribution in [0.3, 0.4) is 0 Å². The first-order chi connectivity index (χ1) is 6.81. The molecule has 2 rings (SSSR count). The summed E-state index contributed by atoms with van der Waals surface area (Å²) in [4.78, 5) is 11.1. The van der Waals surface area contributed by atoms with Crippen LogP contribution >= 0.6 is 0 Å². The van der Waals surface area contributed by atoms with Crippen molar-refractivity contribution in [3.05, 3.63) is 12.2 Å². The average molecular weight is 195 g/mol.